The topological polar surface area (TPSA) is 58.8 Å². The highest BCUT2D eigenvalue weighted by molar-refractivity contribution is 5.49. The Kier molecular flexibility index (Phi) is 4.62. The van der Waals surface area contributed by atoms with Crippen molar-refractivity contribution in [1.29, 1.82) is 0 Å². The van der Waals surface area contributed by atoms with Crippen LogP contribution in [0.2, 0.25) is 0 Å². The molecule has 0 aliphatic carbocycles. The smallest absolute Gasteiger partial charge is 0.254 e. The van der Waals surface area contributed by atoms with Gasteiger partial charge in [-0.1, -0.05) is 6.42 Å². The monoisotopic (exact) mass is 330 g/mol. The van der Waals surface area contributed by atoms with Gasteiger partial charge in [0, 0.05) is 32.3 Å². The molecule has 4 rings (SSSR count). The van der Waals surface area contributed by atoms with Crippen LogP contribution in [0, 0.1) is 0 Å². The second-order valence-electron chi connectivity index (χ2n) is 6.86. The highest BCUT2D eigenvalue weighted by atomic mass is 16.5. The molecule has 0 saturated carbocycles. The number of aromatic nitrogens is 4. The van der Waals surface area contributed by atoms with Crippen LogP contribution >= 0.6 is 0 Å². The van der Waals surface area contributed by atoms with Crippen molar-refractivity contribution in [3.63, 3.8) is 0 Å². The Labute approximate surface area is 142 Å². The van der Waals surface area contributed by atoms with Crippen LogP contribution in [0.3, 0.4) is 0 Å². The molecule has 2 aromatic rings. The minimum Gasteiger partial charge on any atom is -0.378 e. The summed E-state index contributed by atoms with van der Waals surface area (Å²) in [5.41, 5.74) is 0.914. The Morgan fingerprint density at radius 1 is 1.17 bits per heavy atom. The number of methoxy groups -OCH3 is 1. The molecular weight excluding hydrogens is 304 g/mol. The number of hydrogen-bond acceptors (Lipinski definition) is 6. The van der Waals surface area contributed by atoms with Gasteiger partial charge in [0.25, 0.3) is 5.78 Å². The first-order valence-corrected chi connectivity index (χ1v) is 9.03. The number of rotatable bonds is 5. The van der Waals surface area contributed by atoms with Gasteiger partial charge in [-0.25, -0.2) is 4.98 Å². The molecule has 4 heterocycles. The lowest BCUT2D eigenvalue weighted by atomic mass is 10.1. The largest absolute Gasteiger partial charge is 0.378 e. The van der Waals surface area contributed by atoms with Crippen LogP contribution in [-0.4, -0.2) is 63.8 Å². The van der Waals surface area contributed by atoms with Gasteiger partial charge in [0.05, 0.1) is 12.3 Å². The molecule has 130 valence electrons. The highest BCUT2D eigenvalue weighted by Gasteiger charge is 2.29. The van der Waals surface area contributed by atoms with Crippen molar-refractivity contribution in [3.8, 4) is 0 Å². The lowest BCUT2D eigenvalue weighted by molar-refractivity contribution is 0.181. The molecule has 0 bridgehead atoms. The van der Waals surface area contributed by atoms with E-state index in [1.165, 1.54) is 45.2 Å². The van der Waals surface area contributed by atoms with Crippen LogP contribution in [-0.2, 0) is 11.3 Å². The van der Waals surface area contributed by atoms with Gasteiger partial charge in [-0.3, -0.25) is 0 Å². The number of piperidine rings is 1. The van der Waals surface area contributed by atoms with Crippen molar-refractivity contribution in [2.45, 2.75) is 44.8 Å². The van der Waals surface area contributed by atoms with Gasteiger partial charge < -0.3 is 14.5 Å². The maximum absolute atomic E-state index is 5.27. The summed E-state index contributed by atoms with van der Waals surface area (Å²) in [7, 11) is 1.70. The fourth-order valence-corrected chi connectivity index (χ4v) is 4.04. The van der Waals surface area contributed by atoms with Crippen LogP contribution in [0.4, 0.5) is 5.82 Å². The third-order valence-electron chi connectivity index (χ3n) is 5.17. The summed E-state index contributed by atoms with van der Waals surface area (Å²) in [5.74, 6) is 1.76. The summed E-state index contributed by atoms with van der Waals surface area (Å²) >= 11 is 0. The number of likely N-dealkylation sites (tertiary alicyclic amines) is 1. The summed E-state index contributed by atoms with van der Waals surface area (Å²) in [6.07, 6.45) is 8.12. The molecule has 7 nitrogen and oxygen atoms in total. The average molecular weight is 330 g/mol. The van der Waals surface area contributed by atoms with Gasteiger partial charge in [0.2, 0.25) is 0 Å². The normalized spacial score (nSPS) is 22.5. The Bertz CT molecular complexity index is 681. The standard InChI is InChI=1S/C17H26N6O/c1-24-12-14-10-16(23-17(20-14)18-13-19-23)22-9-5-6-15(22)11-21-7-3-2-4-8-21/h10,13,15H,2-9,11-12H2,1H3/t15-/m0/s1. The van der Waals surface area contributed by atoms with Crippen molar-refractivity contribution in [1.82, 2.24) is 24.5 Å². The van der Waals surface area contributed by atoms with Crippen LogP contribution in [0.1, 0.15) is 37.8 Å². The maximum atomic E-state index is 5.27. The van der Waals surface area contributed by atoms with Crippen LogP contribution in [0.25, 0.3) is 5.78 Å². The van der Waals surface area contributed by atoms with E-state index in [-0.39, 0.29) is 0 Å². The van der Waals surface area contributed by atoms with E-state index >= 15 is 0 Å². The third kappa shape index (κ3) is 3.10. The van der Waals surface area contributed by atoms with E-state index in [2.05, 4.69) is 30.9 Å². The maximum Gasteiger partial charge on any atom is 0.254 e. The zero-order chi connectivity index (χ0) is 16.4. The van der Waals surface area contributed by atoms with Gasteiger partial charge in [-0.2, -0.15) is 14.6 Å². The van der Waals surface area contributed by atoms with Crippen LogP contribution in [0.15, 0.2) is 12.4 Å². The van der Waals surface area contributed by atoms with Gasteiger partial charge in [-0.05, 0) is 38.8 Å². The molecule has 0 N–H and O–H groups in total. The van der Waals surface area contributed by atoms with E-state index in [0.29, 0.717) is 18.4 Å². The minimum atomic E-state index is 0.501. The van der Waals surface area contributed by atoms with Crippen LogP contribution in [0.5, 0.6) is 0 Å². The summed E-state index contributed by atoms with van der Waals surface area (Å²) in [6.45, 7) is 5.21. The minimum absolute atomic E-state index is 0.501. The van der Waals surface area contributed by atoms with Gasteiger partial charge >= 0.3 is 0 Å². The van der Waals surface area contributed by atoms with E-state index in [1.807, 2.05) is 4.52 Å². The molecule has 2 aliphatic rings. The van der Waals surface area contributed by atoms with Crippen molar-refractivity contribution in [2.75, 3.05) is 38.2 Å². The summed E-state index contributed by atoms with van der Waals surface area (Å²) in [6, 6.07) is 2.66. The molecule has 2 aromatic heterocycles. The highest BCUT2D eigenvalue weighted by Crippen LogP contribution is 2.27. The zero-order valence-corrected chi connectivity index (χ0v) is 14.4. The van der Waals surface area contributed by atoms with Crippen LogP contribution < -0.4 is 4.90 Å². The van der Waals surface area contributed by atoms with Gasteiger partial charge in [-0.15, -0.1) is 0 Å². The van der Waals surface area contributed by atoms with Crippen molar-refractivity contribution in [3.05, 3.63) is 18.1 Å². The fraction of sp³-hybridized carbons (Fsp3) is 0.706. The molecule has 0 spiro atoms. The fourth-order valence-electron chi connectivity index (χ4n) is 4.04. The van der Waals surface area contributed by atoms with Crippen molar-refractivity contribution in [2.24, 2.45) is 0 Å². The predicted octanol–water partition coefficient (Wildman–Crippen LogP) is 1.73. The second kappa shape index (κ2) is 7.03. The summed E-state index contributed by atoms with van der Waals surface area (Å²) in [4.78, 5) is 13.9. The van der Waals surface area contributed by atoms with E-state index in [0.717, 1.165) is 24.6 Å². The second-order valence-corrected chi connectivity index (χ2v) is 6.86. The van der Waals surface area contributed by atoms with Gasteiger partial charge in [0.1, 0.15) is 12.1 Å². The van der Waals surface area contributed by atoms with E-state index < -0.39 is 0 Å². The Balaban J connectivity index is 1.61. The molecular formula is C17H26N6O. The first kappa shape index (κ1) is 15.8. The molecule has 0 aromatic carbocycles. The Morgan fingerprint density at radius 3 is 2.88 bits per heavy atom. The number of ether oxygens (including phenoxy) is 1. The Morgan fingerprint density at radius 2 is 2.04 bits per heavy atom. The molecule has 2 aliphatic heterocycles. The summed E-state index contributed by atoms with van der Waals surface area (Å²) in [5, 5.41) is 4.39. The number of nitrogens with zero attached hydrogens (tertiary/aromatic N) is 6. The molecule has 2 fully saturated rings. The van der Waals surface area contributed by atoms with E-state index in [9.17, 15) is 0 Å². The molecule has 1 atom stereocenters. The van der Waals surface area contributed by atoms with Crippen molar-refractivity contribution >= 4 is 11.6 Å². The molecule has 7 heteroatoms. The molecule has 0 unspecified atom stereocenters. The number of anilines is 1. The first-order valence-electron chi connectivity index (χ1n) is 9.03. The van der Waals surface area contributed by atoms with E-state index in [1.54, 1.807) is 13.4 Å². The lowest BCUT2D eigenvalue weighted by Crippen LogP contribution is -2.43. The molecule has 0 amide bonds. The lowest BCUT2D eigenvalue weighted by Gasteiger charge is -2.34. The average Bonchev–Trinajstić information content (AvgIpc) is 3.24. The first-order chi connectivity index (χ1) is 11.8. The van der Waals surface area contributed by atoms with E-state index in [4.69, 9.17) is 4.74 Å². The predicted molar refractivity (Wildman–Crippen MR) is 92.2 cm³/mol. The molecule has 24 heavy (non-hydrogen) atoms. The quantitative estimate of drug-likeness (QED) is 0.832. The van der Waals surface area contributed by atoms with Gasteiger partial charge in [0.15, 0.2) is 0 Å². The Hall–Kier alpha value is -1.73. The molecule has 2 saturated heterocycles. The zero-order valence-electron chi connectivity index (χ0n) is 14.4. The SMILES string of the molecule is COCc1cc(N2CCC[C@H]2CN2CCCCC2)n2ncnc2n1. The third-order valence-corrected chi connectivity index (χ3v) is 5.17. The molecule has 0 radical (unpaired) electrons. The summed E-state index contributed by atoms with van der Waals surface area (Å²) < 4.78 is 7.14. The number of hydrogen-bond donors (Lipinski definition) is 0. The van der Waals surface area contributed by atoms with Crippen molar-refractivity contribution < 1.29 is 4.74 Å². The number of fused-ring (bicyclic) bond motifs is 1.